The lowest BCUT2D eigenvalue weighted by Gasteiger charge is -2.43. The number of hydrogen-bond donors (Lipinski definition) is 2. The summed E-state index contributed by atoms with van der Waals surface area (Å²) >= 11 is 0. The molecule has 15 heavy (non-hydrogen) atoms. The molecule has 1 aliphatic carbocycles. The second-order valence-corrected chi connectivity index (χ2v) is 3.98. The third kappa shape index (κ3) is 1.73. The molecule has 3 heteroatoms. The van der Waals surface area contributed by atoms with Gasteiger partial charge in [-0.1, -0.05) is 42.5 Å². The van der Waals surface area contributed by atoms with Gasteiger partial charge in [-0.25, -0.2) is 4.79 Å². The van der Waals surface area contributed by atoms with E-state index in [2.05, 4.69) is 11.9 Å². The van der Waals surface area contributed by atoms with Crippen LogP contribution in [0.3, 0.4) is 0 Å². The Hall–Kier alpha value is -1.77. The standard InChI is InChI=1S/C12H13NO2/c1-9-7-12(8-9,13-11(14)15)10-5-3-2-4-6-10/h2-6,13H,1,7-8H2,(H,14,15). The number of nitrogens with one attached hydrogen (secondary N) is 1. The lowest BCUT2D eigenvalue weighted by Crippen LogP contribution is -2.51. The predicted molar refractivity (Wildman–Crippen MR) is 57.7 cm³/mol. The molecular weight excluding hydrogens is 190 g/mol. The number of benzene rings is 1. The maximum Gasteiger partial charge on any atom is 0.405 e. The summed E-state index contributed by atoms with van der Waals surface area (Å²) in [6, 6.07) is 9.65. The fourth-order valence-corrected chi connectivity index (χ4v) is 2.13. The first-order valence-corrected chi connectivity index (χ1v) is 4.86. The maximum atomic E-state index is 10.7. The topological polar surface area (TPSA) is 49.3 Å². The highest BCUT2D eigenvalue weighted by molar-refractivity contribution is 5.67. The third-order valence-corrected chi connectivity index (χ3v) is 2.78. The highest BCUT2D eigenvalue weighted by atomic mass is 16.4. The first kappa shape index (κ1) is 9.77. The molecule has 78 valence electrons. The van der Waals surface area contributed by atoms with E-state index in [4.69, 9.17) is 5.11 Å². The summed E-state index contributed by atoms with van der Waals surface area (Å²) < 4.78 is 0. The Balaban J connectivity index is 2.28. The molecule has 0 heterocycles. The highest BCUT2D eigenvalue weighted by Crippen LogP contribution is 2.44. The van der Waals surface area contributed by atoms with Crippen molar-refractivity contribution in [2.45, 2.75) is 18.4 Å². The molecule has 1 aromatic rings. The molecule has 1 fully saturated rings. The largest absolute Gasteiger partial charge is 0.465 e. The summed E-state index contributed by atoms with van der Waals surface area (Å²) in [6.07, 6.45) is 0.415. The van der Waals surface area contributed by atoms with E-state index in [1.807, 2.05) is 30.3 Å². The monoisotopic (exact) mass is 203 g/mol. The maximum absolute atomic E-state index is 10.7. The molecule has 0 radical (unpaired) electrons. The molecule has 1 aliphatic rings. The average molecular weight is 203 g/mol. The molecule has 1 saturated carbocycles. The van der Waals surface area contributed by atoms with E-state index in [9.17, 15) is 4.79 Å². The number of carboxylic acid groups (broad SMARTS) is 1. The van der Waals surface area contributed by atoms with Gasteiger partial charge in [0.05, 0.1) is 5.54 Å². The number of carbonyl (C=O) groups is 1. The predicted octanol–water partition coefficient (Wildman–Crippen LogP) is 2.50. The van der Waals surface area contributed by atoms with Crippen LogP contribution in [0, 0.1) is 0 Å². The van der Waals surface area contributed by atoms with Gasteiger partial charge in [-0.15, -0.1) is 0 Å². The second kappa shape index (κ2) is 3.42. The lowest BCUT2D eigenvalue weighted by atomic mass is 9.69. The van der Waals surface area contributed by atoms with Crippen molar-refractivity contribution < 1.29 is 9.90 Å². The van der Waals surface area contributed by atoms with Gasteiger partial charge in [-0.2, -0.15) is 0 Å². The van der Waals surface area contributed by atoms with E-state index < -0.39 is 11.6 Å². The first-order chi connectivity index (χ1) is 7.12. The van der Waals surface area contributed by atoms with Crippen molar-refractivity contribution in [2.24, 2.45) is 0 Å². The quantitative estimate of drug-likeness (QED) is 0.725. The SMILES string of the molecule is C=C1CC(NC(=O)O)(c2ccccc2)C1. The zero-order valence-electron chi connectivity index (χ0n) is 8.36. The van der Waals surface area contributed by atoms with E-state index in [1.165, 1.54) is 0 Å². The van der Waals surface area contributed by atoms with Crippen LogP contribution >= 0.6 is 0 Å². The number of hydrogen-bond acceptors (Lipinski definition) is 1. The first-order valence-electron chi connectivity index (χ1n) is 4.86. The van der Waals surface area contributed by atoms with Gasteiger partial charge in [0.2, 0.25) is 0 Å². The van der Waals surface area contributed by atoms with E-state index in [1.54, 1.807) is 0 Å². The van der Waals surface area contributed by atoms with Gasteiger partial charge >= 0.3 is 6.09 Å². The van der Waals surface area contributed by atoms with Crippen LogP contribution in [0.15, 0.2) is 42.5 Å². The van der Waals surface area contributed by atoms with Crippen molar-refractivity contribution in [1.29, 1.82) is 0 Å². The van der Waals surface area contributed by atoms with Gasteiger partial charge < -0.3 is 10.4 Å². The Morgan fingerprint density at radius 2 is 1.93 bits per heavy atom. The van der Waals surface area contributed by atoms with Crippen LogP contribution in [0.1, 0.15) is 18.4 Å². The Bertz CT molecular complexity index is 389. The smallest absolute Gasteiger partial charge is 0.405 e. The normalized spacial score (nSPS) is 18.0. The van der Waals surface area contributed by atoms with Crippen LogP contribution in [0.4, 0.5) is 4.79 Å². The lowest BCUT2D eigenvalue weighted by molar-refractivity contribution is 0.165. The Kier molecular flexibility index (Phi) is 2.23. The molecule has 0 aromatic heterocycles. The molecule has 0 unspecified atom stereocenters. The summed E-state index contributed by atoms with van der Waals surface area (Å²) in [5.41, 5.74) is 1.66. The minimum Gasteiger partial charge on any atom is -0.465 e. The second-order valence-electron chi connectivity index (χ2n) is 3.98. The molecule has 2 N–H and O–H groups in total. The van der Waals surface area contributed by atoms with E-state index in [-0.39, 0.29) is 0 Å². The van der Waals surface area contributed by atoms with Crippen LogP contribution < -0.4 is 5.32 Å². The molecule has 0 spiro atoms. The molecule has 2 rings (SSSR count). The Labute approximate surface area is 88.4 Å². The van der Waals surface area contributed by atoms with E-state index in [0.717, 1.165) is 11.1 Å². The van der Waals surface area contributed by atoms with Crippen LogP contribution in [0.5, 0.6) is 0 Å². The molecule has 0 bridgehead atoms. The number of rotatable bonds is 2. The van der Waals surface area contributed by atoms with Gasteiger partial charge in [-0.05, 0) is 18.4 Å². The van der Waals surface area contributed by atoms with Gasteiger partial charge in [0.1, 0.15) is 0 Å². The third-order valence-electron chi connectivity index (χ3n) is 2.78. The Morgan fingerprint density at radius 3 is 2.40 bits per heavy atom. The van der Waals surface area contributed by atoms with Gasteiger partial charge in [0.25, 0.3) is 0 Å². The zero-order valence-corrected chi connectivity index (χ0v) is 8.36. The summed E-state index contributed by atoms with van der Waals surface area (Å²) in [4.78, 5) is 10.7. The molecule has 1 amide bonds. The van der Waals surface area contributed by atoms with Crippen LogP contribution in [-0.4, -0.2) is 11.2 Å². The molecule has 0 saturated heterocycles. The molecule has 3 nitrogen and oxygen atoms in total. The average Bonchev–Trinajstić information content (AvgIpc) is 2.15. The molecular formula is C12H13NO2. The van der Waals surface area contributed by atoms with E-state index in [0.29, 0.717) is 12.8 Å². The molecule has 1 aromatic carbocycles. The minimum absolute atomic E-state index is 0.440. The van der Waals surface area contributed by atoms with Gasteiger partial charge in [-0.3, -0.25) is 0 Å². The summed E-state index contributed by atoms with van der Waals surface area (Å²) in [7, 11) is 0. The van der Waals surface area contributed by atoms with Gasteiger partial charge in [0.15, 0.2) is 0 Å². The fourth-order valence-electron chi connectivity index (χ4n) is 2.13. The number of amides is 1. The molecule has 0 aliphatic heterocycles. The van der Waals surface area contributed by atoms with Crippen LogP contribution in [0.2, 0.25) is 0 Å². The minimum atomic E-state index is -0.980. The van der Waals surface area contributed by atoms with Crippen LogP contribution in [0.25, 0.3) is 0 Å². The van der Waals surface area contributed by atoms with Gasteiger partial charge in [0, 0.05) is 0 Å². The highest BCUT2D eigenvalue weighted by Gasteiger charge is 2.42. The van der Waals surface area contributed by atoms with Crippen molar-refractivity contribution >= 4 is 6.09 Å². The zero-order chi connectivity index (χ0) is 10.9. The van der Waals surface area contributed by atoms with Crippen molar-refractivity contribution in [3.05, 3.63) is 48.0 Å². The summed E-state index contributed by atoms with van der Waals surface area (Å²) in [5.74, 6) is 0. The van der Waals surface area contributed by atoms with Crippen molar-refractivity contribution in [1.82, 2.24) is 5.32 Å². The van der Waals surface area contributed by atoms with Crippen molar-refractivity contribution in [3.63, 3.8) is 0 Å². The Morgan fingerprint density at radius 1 is 1.33 bits per heavy atom. The summed E-state index contributed by atoms with van der Waals surface area (Å²) in [6.45, 7) is 3.86. The van der Waals surface area contributed by atoms with Crippen molar-refractivity contribution in [3.8, 4) is 0 Å². The van der Waals surface area contributed by atoms with Crippen LogP contribution in [-0.2, 0) is 5.54 Å². The van der Waals surface area contributed by atoms with Crippen molar-refractivity contribution in [2.75, 3.05) is 0 Å². The fraction of sp³-hybridized carbons (Fsp3) is 0.250. The molecule has 0 atom stereocenters. The summed E-state index contributed by atoms with van der Waals surface area (Å²) in [5, 5.41) is 11.4. The van der Waals surface area contributed by atoms with E-state index >= 15 is 0 Å².